The average Bonchev–Trinajstić information content (AvgIpc) is 3.75. The predicted molar refractivity (Wildman–Crippen MR) is 198 cm³/mol. The number of pyridine rings is 1. The maximum atomic E-state index is 15.2. The van der Waals surface area contributed by atoms with E-state index in [1.165, 1.54) is 18.2 Å². The number of aromatic amines is 1. The zero-order chi connectivity index (χ0) is 43.9. The summed E-state index contributed by atoms with van der Waals surface area (Å²) < 4.78 is 156. The van der Waals surface area contributed by atoms with Crippen molar-refractivity contribution in [1.82, 2.24) is 30.3 Å². The maximum Gasteiger partial charge on any atom is 0.435 e. The van der Waals surface area contributed by atoms with E-state index in [1.54, 1.807) is 0 Å². The summed E-state index contributed by atoms with van der Waals surface area (Å²) in [5, 5.41) is 23.1. The Morgan fingerprint density at radius 1 is 1.12 bits per heavy atom. The highest BCUT2D eigenvalue weighted by Gasteiger charge is 2.55. The number of hydrogen-bond donors (Lipinski definition) is 5. The van der Waals surface area contributed by atoms with Crippen LogP contribution >= 0.6 is 11.6 Å². The first-order valence-corrected chi connectivity index (χ1v) is 19.9. The van der Waals surface area contributed by atoms with Crippen molar-refractivity contribution < 1.29 is 57.8 Å². The van der Waals surface area contributed by atoms with Crippen LogP contribution in [0.3, 0.4) is 0 Å². The van der Waals surface area contributed by atoms with Gasteiger partial charge in [-0.05, 0) is 48.1 Å². The van der Waals surface area contributed by atoms with Crippen LogP contribution in [-0.4, -0.2) is 62.2 Å². The lowest BCUT2D eigenvalue weighted by Crippen LogP contribution is -2.50. The zero-order valence-electron chi connectivity index (χ0n) is 30.9. The molecule has 0 unspecified atom stereocenters. The quantitative estimate of drug-likeness (QED) is 0.0780. The molecule has 0 spiro atoms. The van der Waals surface area contributed by atoms with Crippen molar-refractivity contribution in [3.05, 3.63) is 87.0 Å². The van der Waals surface area contributed by atoms with E-state index in [0.717, 1.165) is 25.3 Å². The van der Waals surface area contributed by atoms with Crippen LogP contribution < -0.4 is 15.8 Å². The summed E-state index contributed by atoms with van der Waals surface area (Å²) >= 11 is 6.47. The second kappa shape index (κ2) is 14.6. The topological polar surface area (TPSA) is 181 Å². The standard InChI is InChI=1S/C37H30ClF9N8O4S/c1-16-12-36(43,44)32-27(16)31(37(45,46)47)53-55(32)13-26(56)49-25(9-17-7-18(39)10-19(40)8-17)29-21(11-23(48)24(50-29)5-6-34(57)14-35(41,42)15-34)20-3-4-22(38)28-30(20)51-52-33(28)54-60(2,58)59/h3-4,7-8,10-11,16,25,57H,9,12-15,48H2,1-2H3,(H,49,56)(H2,51,52,54)/t16-,25+/m1/s1. The summed E-state index contributed by atoms with van der Waals surface area (Å²) in [7, 11) is -3.92. The molecule has 60 heavy (non-hydrogen) atoms. The van der Waals surface area contributed by atoms with Crippen LogP contribution in [0.15, 0.2) is 36.4 Å². The molecule has 6 N–H and O–H groups in total. The number of sulfonamides is 1. The van der Waals surface area contributed by atoms with Crippen molar-refractivity contribution in [3.63, 3.8) is 0 Å². The zero-order valence-corrected chi connectivity index (χ0v) is 32.5. The number of rotatable bonds is 9. The molecule has 23 heteroatoms. The Hall–Kier alpha value is -5.53. The number of fused-ring (bicyclic) bond motifs is 2. The molecule has 3 heterocycles. The number of H-pyrrole nitrogens is 1. The van der Waals surface area contributed by atoms with Gasteiger partial charge in [0.05, 0.1) is 52.4 Å². The number of carbonyl (C=O) groups is 1. The van der Waals surface area contributed by atoms with Crippen LogP contribution in [0.1, 0.15) is 72.0 Å². The van der Waals surface area contributed by atoms with E-state index in [1.807, 2.05) is 0 Å². The number of nitrogens with one attached hydrogen (secondary N) is 3. The molecule has 0 radical (unpaired) electrons. The van der Waals surface area contributed by atoms with Crippen LogP contribution in [-0.2, 0) is 39.9 Å². The summed E-state index contributed by atoms with van der Waals surface area (Å²) in [5.74, 6) is -7.12. The van der Waals surface area contributed by atoms with Gasteiger partial charge in [-0.15, -0.1) is 0 Å². The molecule has 1 fully saturated rings. The van der Waals surface area contributed by atoms with E-state index >= 15 is 8.78 Å². The minimum absolute atomic E-state index is 0.0136. The number of nitrogen functional groups attached to an aromatic ring is 1. The molecule has 0 aliphatic heterocycles. The molecule has 318 valence electrons. The summed E-state index contributed by atoms with van der Waals surface area (Å²) in [5.41, 5.74) is -0.139. The summed E-state index contributed by atoms with van der Waals surface area (Å²) in [4.78, 5) is 18.4. The van der Waals surface area contributed by atoms with Gasteiger partial charge in [0.25, 0.3) is 11.8 Å². The molecule has 12 nitrogen and oxygen atoms in total. The second-order valence-corrected chi connectivity index (χ2v) is 17.0. The first kappa shape index (κ1) is 42.6. The van der Waals surface area contributed by atoms with E-state index in [9.17, 15) is 49.1 Å². The molecule has 3 aromatic heterocycles. The van der Waals surface area contributed by atoms with Crippen LogP contribution in [0.4, 0.5) is 51.0 Å². The third kappa shape index (κ3) is 8.42. The number of aromatic nitrogens is 5. The number of nitrogens with zero attached hydrogens (tertiary/aromatic N) is 4. The number of carbonyl (C=O) groups excluding carboxylic acids is 1. The second-order valence-electron chi connectivity index (χ2n) is 14.8. The van der Waals surface area contributed by atoms with E-state index in [0.29, 0.717) is 6.07 Å². The Balaban J connectivity index is 1.40. The van der Waals surface area contributed by atoms with Gasteiger partial charge < -0.3 is 16.2 Å². The molecule has 7 rings (SSSR count). The highest BCUT2D eigenvalue weighted by molar-refractivity contribution is 7.92. The van der Waals surface area contributed by atoms with Crippen molar-refractivity contribution in [1.29, 1.82) is 0 Å². The van der Waals surface area contributed by atoms with E-state index in [4.69, 9.17) is 17.3 Å². The van der Waals surface area contributed by atoms with Gasteiger partial charge in [0.2, 0.25) is 15.9 Å². The first-order chi connectivity index (χ1) is 27.7. The highest BCUT2D eigenvalue weighted by Crippen LogP contribution is 2.52. The Bertz CT molecular complexity index is 2740. The molecule has 2 aliphatic rings. The Labute approximate surface area is 338 Å². The Kier molecular flexibility index (Phi) is 10.4. The normalized spacial score (nSPS) is 18.3. The number of hydrogen-bond acceptors (Lipinski definition) is 8. The van der Waals surface area contributed by atoms with Gasteiger partial charge in [-0.2, -0.15) is 32.1 Å². The number of anilines is 2. The smallest absolute Gasteiger partial charge is 0.396 e. The Morgan fingerprint density at radius 3 is 2.40 bits per heavy atom. The van der Waals surface area contributed by atoms with Crippen LogP contribution in [0, 0.1) is 23.5 Å². The first-order valence-electron chi connectivity index (χ1n) is 17.6. The van der Waals surface area contributed by atoms with E-state index < -0.39 is 112 Å². The van der Waals surface area contributed by atoms with Crippen molar-refractivity contribution >= 4 is 49.9 Å². The number of nitrogens with two attached hydrogens (primary N) is 1. The minimum atomic E-state index is -5.17. The van der Waals surface area contributed by atoms with Gasteiger partial charge in [0.15, 0.2) is 11.5 Å². The molecule has 1 saturated carbocycles. The largest absolute Gasteiger partial charge is 0.435 e. The summed E-state index contributed by atoms with van der Waals surface area (Å²) in [6, 6.07) is 4.71. The Morgan fingerprint density at radius 2 is 1.78 bits per heavy atom. The fraction of sp³-hybridized carbons (Fsp3) is 0.351. The summed E-state index contributed by atoms with van der Waals surface area (Å²) in [6.45, 7) is -0.0496. The molecule has 0 bridgehead atoms. The molecule has 2 atom stereocenters. The van der Waals surface area contributed by atoms with Crippen molar-refractivity contribution in [3.8, 4) is 23.0 Å². The lowest BCUT2D eigenvalue weighted by atomic mass is 9.77. The molecule has 0 saturated heterocycles. The number of aliphatic hydroxyl groups is 1. The number of amides is 1. The van der Waals surface area contributed by atoms with E-state index in [2.05, 4.69) is 42.2 Å². The molecule has 2 aromatic carbocycles. The van der Waals surface area contributed by atoms with Gasteiger partial charge in [0.1, 0.15) is 35.2 Å². The highest BCUT2D eigenvalue weighted by atomic mass is 35.5. The third-order valence-corrected chi connectivity index (χ3v) is 10.7. The number of benzene rings is 2. The predicted octanol–water partition coefficient (Wildman–Crippen LogP) is 6.94. The molecule has 5 aromatic rings. The van der Waals surface area contributed by atoms with Gasteiger partial charge in [0, 0.05) is 29.2 Å². The third-order valence-electron chi connectivity index (χ3n) is 9.82. The van der Waals surface area contributed by atoms with Crippen molar-refractivity contribution in [2.75, 3.05) is 16.7 Å². The van der Waals surface area contributed by atoms with Crippen LogP contribution in [0.25, 0.3) is 22.0 Å². The van der Waals surface area contributed by atoms with Crippen LogP contribution in [0.2, 0.25) is 5.02 Å². The van der Waals surface area contributed by atoms with Gasteiger partial charge in [-0.3, -0.25) is 19.3 Å². The van der Waals surface area contributed by atoms with E-state index in [-0.39, 0.29) is 60.2 Å². The molecule has 1 amide bonds. The SMILES string of the molecule is C[C@@H]1CC(F)(F)c2c1c(C(F)(F)F)nn2CC(=O)N[C@@H](Cc1cc(F)cc(F)c1)c1nc(C#CC2(O)CC(F)(F)C2)c(N)cc1-c1ccc(Cl)c2c(NS(C)(=O)=O)n[nH]c12. The number of halogens is 10. The lowest BCUT2D eigenvalue weighted by molar-refractivity contribution is -0.176. The van der Waals surface area contributed by atoms with Crippen molar-refractivity contribution in [2.45, 2.75) is 74.7 Å². The monoisotopic (exact) mass is 888 g/mol. The number of alkyl halides is 7. The maximum absolute atomic E-state index is 15.2. The summed E-state index contributed by atoms with van der Waals surface area (Å²) in [6.07, 6.45) is -7.88. The fourth-order valence-corrected chi connectivity index (χ4v) is 8.30. The minimum Gasteiger partial charge on any atom is -0.396 e. The molecular weight excluding hydrogens is 859 g/mol. The van der Waals surface area contributed by atoms with Crippen LogP contribution in [0.5, 0.6) is 0 Å². The fourth-order valence-electron chi connectivity index (χ4n) is 7.55. The average molecular weight is 889 g/mol. The van der Waals surface area contributed by atoms with Gasteiger partial charge in [-0.1, -0.05) is 30.5 Å². The molecule has 2 aliphatic carbocycles. The molecular formula is C37H30ClF9N8O4S. The van der Waals surface area contributed by atoms with Gasteiger partial charge in [-0.25, -0.2) is 31.0 Å². The van der Waals surface area contributed by atoms with Crippen molar-refractivity contribution in [2.24, 2.45) is 0 Å². The van der Waals surface area contributed by atoms with Gasteiger partial charge >= 0.3 is 6.18 Å². The lowest BCUT2D eigenvalue weighted by Gasteiger charge is -2.39.